The zero-order valence-electron chi connectivity index (χ0n) is 0.354. The predicted octanol–water partition coefficient (Wildman–Crippen LogP) is -4.47. The van der Waals surface area contributed by atoms with Crippen molar-refractivity contribution in [3.63, 3.8) is 0 Å². The average molecular weight is 347 g/mol. The van der Waals surface area contributed by atoms with Crippen molar-refractivity contribution in [3.8, 4) is 0 Å². The van der Waals surface area contributed by atoms with E-state index in [2.05, 4.69) is 0 Å². The van der Waals surface area contributed by atoms with Crippen LogP contribution in [0.25, 0.3) is 0 Å². The Bertz CT molecular complexity index is 11.6. The summed E-state index contributed by atoms with van der Waals surface area (Å²) in [4.78, 5) is 0. The van der Waals surface area contributed by atoms with Gasteiger partial charge in [0.15, 0.2) is 17.4 Å². The van der Waals surface area contributed by atoms with Crippen molar-refractivity contribution in [1.29, 1.82) is 0 Å². The van der Waals surface area contributed by atoms with Gasteiger partial charge in [-0.05, 0) is 11.0 Å². The fraction of sp³-hybridized carbons (Fsp3) is 0. The molecule has 5 heavy (non-hydrogen) atoms. The molecule has 0 N–H and O–H groups in total. The molecular formula is H11AlBaFeSiSr. The molecule has 0 aromatic carbocycles. The summed E-state index contributed by atoms with van der Waals surface area (Å²) in [5.41, 5.74) is 0. The van der Waals surface area contributed by atoms with Crippen LogP contribution in [0, 0.1) is 0 Å². The van der Waals surface area contributed by atoms with Crippen LogP contribution in [0.3, 0.4) is 0 Å². The van der Waals surface area contributed by atoms with Gasteiger partial charge in [0.2, 0.25) is 0 Å². The van der Waals surface area contributed by atoms with E-state index in [-0.39, 0.29) is 140 Å². The van der Waals surface area contributed by atoms with Crippen LogP contribution in [0.5, 0.6) is 0 Å². The fourth-order valence-corrected chi connectivity index (χ4v) is 0. The van der Waals surface area contributed by atoms with E-state index in [0.717, 1.165) is 0 Å². The average Bonchev–Trinajstić information content (AvgIpc) is 0. The molecule has 0 aliphatic rings. The minimum atomic E-state index is 0. The van der Waals surface area contributed by atoms with Crippen molar-refractivity contribution in [2.24, 2.45) is 0 Å². The predicted molar refractivity (Wildman–Crippen MR) is 38.4 cm³/mol. The molecule has 0 aliphatic carbocycles. The Kier molecular flexibility index (Phi) is 165. The summed E-state index contributed by atoms with van der Waals surface area (Å²) in [5.74, 6) is 0. The number of rotatable bonds is 0. The number of hydrogen-bond acceptors (Lipinski definition) is 0. The first-order valence-corrected chi connectivity index (χ1v) is 0. The Hall–Kier alpha value is 4.32. The molecule has 0 heterocycles. The van der Waals surface area contributed by atoms with Crippen LogP contribution in [0.1, 0.15) is 0 Å². The molecule has 0 rings (SSSR count). The van der Waals surface area contributed by atoms with E-state index < -0.39 is 0 Å². The first-order chi connectivity index (χ1) is 0. The van der Waals surface area contributed by atoms with Crippen molar-refractivity contribution in [2.75, 3.05) is 0 Å². The van der Waals surface area contributed by atoms with E-state index in [1.165, 1.54) is 0 Å². The summed E-state index contributed by atoms with van der Waals surface area (Å²) >= 11 is 0. The van der Waals surface area contributed by atoms with Gasteiger partial charge in [0.25, 0.3) is 0 Å². The van der Waals surface area contributed by atoms with Gasteiger partial charge in [0.1, 0.15) is 0 Å². The van der Waals surface area contributed by atoms with E-state index in [9.17, 15) is 0 Å². The van der Waals surface area contributed by atoms with E-state index >= 15 is 0 Å². The van der Waals surface area contributed by atoms with Gasteiger partial charge in [0.05, 0.1) is 0 Å². The van der Waals surface area contributed by atoms with E-state index in [4.69, 9.17) is 0 Å². The molecule has 0 atom stereocenters. The van der Waals surface area contributed by atoms with Gasteiger partial charge in [-0.2, -0.15) is 0 Å². The van der Waals surface area contributed by atoms with Gasteiger partial charge >= 0.3 is 94.4 Å². The zero-order chi connectivity index (χ0) is 0. The van der Waals surface area contributed by atoms with Crippen LogP contribution in [-0.2, 0) is 17.1 Å². The Morgan fingerprint density at radius 1 is 1.00 bits per heavy atom. The SMILES string of the molecule is [AlH3].[BaH2].[Fe].[SiH4].[SrH2]. The Morgan fingerprint density at radius 2 is 1.00 bits per heavy atom. The molecule has 0 fully saturated rings. The van der Waals surface area contributed by atoms with Crippen LogP contribution in [-0.4, -0.2) is 123 Å². The second-order valence-electron chi connectivity index (χ2n) is 0. The molecule has 0 bridgehead atoms. The quantitative estimate of drug-likeness (QED) is 0.388. The summed E-state index contributed by atoms with van der Waals surface area (Å²) in [6.45, 7) is 0. The molecule has 0 saturated heterocycles. The monoisotopic (exact) mass is 348 g/mol. The molecule has 0 saturated carbocycles. The summed E-state index contributed by atoms with van der Waals surface area (Å²) in [6.07, 6.45) is 0. The second-order valence-corrected chi connectivity index (χ2v) is 0. The molecule has 30 valence electrons. The summed E-state index contributed by atoms with van der Waals surface area (Å²) in [6, 6.07) is 0. The molecule has 0 radical (unpaired) electrons. The minimum absolute atomic E-state index is 0. The third-order valence-electron chi connectivity index (χ3n) is 0. The van der Waals surface area contributed by atoms with Crippen molar-refractivity contribution < 1.29 is 17.1 Å². The molecular weight excluding hydrogens is 336 g/mol. The Labute approximate surface area is 136 Å². The molecule has 0 aromatic rings. The summed E-state index contributed by atoms with van der Waals surface area (Å²) in [5, 5.41) is 0. The van der Waals surface area contributed by atoms with E-state index in [1.807, 2.05) is 0 Å². The molecule has 0 spiro atoms. The molecule has 0 nitrogen and oxygen atoms in total. The van der Waals surface area contributed by atoms with Crippen molar-refractivity contribution in [3.05, 3.63) is 0 Å². The third-order valence-corrected chi connectivity index (χ3v) is 0. The van der Waals surface area contributed by atoms with Crippen LogP contribution >= 0.6 is 0 Å². The maximum absolute atomic E-state index is 0. The molecule has 0 unspecified atom stereocenters. The van der Waals surface area contributed by atoms with Crippen LogP contribution in [0.15, 0.2) is 0 Å². The zero-order valence-corrected chi connectivity index (χ0v) is 1.46. The van der Waals surface area contributed by atoms with E-state index in [0.29, 0.717) is 0 Å². The molecule has 0 amide bonds. The van der Waals surface area contributed by atoms with Gasteiger partial charge in [-0.1, -0.05) is 0 Å². The van der Waals surface area contributed by atoms with Crippen LogP contribution < -0.4 is 0 Å². The molecule has 0 aromatic heterocycles. The van der Waals surface area contributed by atoms with Gasteiger partial charge < -0.3 is 0 Å². The maximum atomic E-state index is 0. The van der Waals surface area contributed by atoms with Gasteiger partial charge in [0, 0.05) is 17.1 Å². The van der Waals surface area contributed by atoms with Crippen molar-refractivity contribution >= 4 is 123 Å². The Morgan fingerprint density at radius 3 is 1.00 bits per heavy atom. The van der Waals surface area contributed by atoms with Gasteiger partial charge in [-0.15, -0.1) is 0 Å². The van der Waals surface area contributed by atoms with E-state index in [1.54, 1.807) is 0 Å². The summed E-state index contributed by atoms with van der Waals surface area (Å²) < 4.78 is 0. The Balaban J connectivity index is 0. The molecule has 0 aliphatic heterocycles. The normalized spacial score (nSPS) is 0. The topological polar surface area (TPSA) is 0 Å². The van der Waals surface area contributed by atoms with Gasteiger partial charge in [-0.25, -0.2) is 0 Å². The molecule has 5 heteroatoms. The standard InChI is InChI=1S/Al.Ba.Fe.H4Si.Sr.7H/h;;;1H4;;;;;;;;. The third kappa shape index (κ3) is 17.8. The second kappa shape index (κ2) is 23.9. The van der Waals surface area contributed by atoms with Gasteiger partial charge in [-0.3, -0.25) is 0 Å². The first-order valence-electron chi connectivity index (χ1n) is 0. The summed E-state index contributed by atoms with van der Waals surface area (Å²) in [7, 11) is 0. The van der Waals surface area contributed by atoms with Crippen molar-refractivity contribution in [1.82, 2.24) is 0 Å². The van der Waals surface area contributed by atoms with Crippen LogP contribution in [0.2, 0.25) is 0 Å². The van der Waals surface area contributed by atoms with Crippen molar-refractivity contribution in [2.45, 2.75) is 0 Å². The first kappa shape index (κ1) is 34.6. The fourth-order valence-electron chi connectivity index (χ4n) is 0. The van der Waals surface area contributed by atoms with Crippen LogP contribution in [0.4, 0.5) is 0 Å². The number of hydrogen-bond donors (Lipinski definition) is 0.